The van der Waals surface area contributed by atoms with Crippen molar-refractivity contribution in [3.8, 4) is 17.1 Å². The van der Waals surface area contributed by atoms with Gasteiger partial charge in [0.05, 0.1) is 17.8 Å². The molecule has 1 heterocycles. The van der Waals surface area contributed by atoms with Crippen molar-refractivity contribution in [3.63, 3.8) is 0 Å². The second-order valence-corrected chi connectivity index (χ2v) is 10.5. The Balaban J connectivity index is 1.19. The van der Waals surface area contributed by atoms with Crippen molar-refractivity contribution in [2.45, 2.75) is 76.6 Å². The molecule has 39 heavy (non-hydrogen) atoms. The van der Waals surface area contributed by atoms with Crippen molar-refractivity contribution in [2.75, 3.05) is 0 Å². The summed E-state index contributed by atoms with van der Waals surface area (Å²) in [5.41, 5.74) is 1.04. The number of rotatable bonds is 12. The van der Waals surface area contributed by atoms with Crippen LogP contribution in [-0.4, -0.2) is 44.1 Å². The van der Waals surface area contributed by atoms with Gasteiger partial charge in [-0.1, -0.05) is 18.1 Å². The van der Waals surface area contributed by atoms with Gasteiger partial charge in [-0.25, -0.2) is 4.39 Å². The van der Waals surface area contributed by atoms with Gasteiger partial charge in [-0.05, 0) is 87.3 Å². The molecule has 0 bridgehead atoms. The molecule has 5 rings (SSSR count). The number of halogens is 1. The summed E-state index contributed by atoms with van der Waals surface area (Å²) in [7, 11) is 0. The second-order valence-electron chi connectivity index (χ2n) is 10.5. The lowest BCUT2D eigenvalue weighted by Gasteiger charge is -2.15. The minimum absolute atomic E-state index is 0.00662. The molecule has 0 amide bonds. The van der Waals surface area contributed by atoms with E-state index in [-0.39, 0.29) is 47.1 Å². The first-order chi connectivity index (χ1) is 18.8. The maximum atomic E-state index is 14.9. The predicted octanol–water partition coefficient (Wildman–Crippen LogP) is 5.48. The third-order valence-electron chi connectivity index (χ3n) is 7.67. The molecule has 1 aromatic heterocycles. The van der Waals surface area contributed by atoms with Gasteiger partial charge in [0.15, 0.2) is 17.7 Å². The molecule has 2 unspecified atom stereocenters. The normalized spacial score (nSPS) is 21.6. The lowest BCUT2D eigenvalue weighted by atomic mass is 9.95. The zero-order valence-electron chi connectivity index (χ0n) is 21.9. The van der Waals surface area contributed by atoms with Crippen LogP contribution in [0.4, 0.5) is 4.39 Å². The minimum atomic E-state index is -0.753. The SMILES string of the molecule is CCC(Oc1ccc(C(=O)C2CC2)cc1)c1nc(-c2ccc(C(=O)CCCC3CC[C@@H](O)[C@H]3O)c(F)c2)no1. The zero-order chi connectivity index (χ0) is 27.5. The number of carbonyl (C=O) groups is 2. The Bertz CT molecular complexity index is 1320. The van der Waals surface area contributed by atoms with Crippen LogP contribution in [0, 0.1) is 17.7 Å². The Kier molecular flexibility index (Phi) is 8.18. The van der Waals surface area contributed by atoms with Gasteiger partial charge in [0.2, 0.25) is 5.82 Å². The molecule has 2 aliphatic rings. The van der Waals surface area contributed by atoms with E-state index in [4.69, 9.17) is 9.26 Å². The van der Waals surface area contributed by atoms with E-state index in [2.05, 4.69) is 10.1 Å². The van der Waals surface area contributed by atoms with Gasteiger partial charge >= 0.3 is 0 Å². The van der Waals surface area contributed by atoms with Gasteiger partial charge in [-0.15, -0.1) is 0 Å². The Morgan fingerprint density at radius 2 is 1.87 bits per heavy atom. The van der Waals surface area contributed by atoms with Crippen LogP contribution in [0.25, 0.3) is 11.4 Å². The number of carbonyl (C=O) groups excluding carboxylic acids is 2. The molecule has 0 aliphatic heterocycles. The number of Topliss-reactive ketones (excluding diaryl/α,β-unsaturated/α-hetero) is 2. The van der Waals surface area contributed by atoms with Crippen molar-refractivity contribution in [3.05, 3.63) is 65.3 Å². The smallest absolute Gasteiger partial charge is 0.268 e. The number of aliphatic hydroxyl groups excluding tert-OH is 2. The summed E-state index contributed by atoms with van der Waals surface area (Å²) in [4.78, 5) is 29.2. The molecule has 2 N–H and O–H groups in total. The molecule has 0 saturated heterocycles. The summed E-state index contributed by atoms with van der Waals surface area (Å²) in [6, 6.07) is 11.2. The molecule has 3 aromatic rings. The van der Waals surface area contributed by atoms with Crippen LogP contribution in [0.5, 0.6) is 5.75 Å². The van der Waals surface area contributed by atoms with Crippen molar-refractivity contribution < 1.29 is 33.5 Å². The summed E-state index contributed by atoms with van der Waals surface area (Å²) in [6.07, 6.45) is 3.05. The number of benzene rings is 2. The molecule has 206 valence electrons. The van der Waals surface area contributed by atoms with Crippen LogP contribution < -0.4 is 4.74 Å². The third-order valence-corrected chi connectivity index (χ3v) is 7.67. The first-order valence-electron chi connectivity index (χ1n) is 13.7. The van der Waals surface area contributed by atoms with E-state index in [0.717, 1.165) is 19.3 Å². The number of hydrogen-bond acceptors (Lipinski definition) is 8. The number of nitrogens with zero attached hydrogens (tertiary/aromatic N) is 2. The van der Waals surface area contributed by atoms with Gasteiger partial charge in [0.25, 0.3) is 5.89 Å². The fraction of sp³-hybridized carbons (Fsp3) is 0.467. The van der Waals surface area contributed by atoms with Gasteiger partial charge in [-0.3, -0.25) is 9.59 Å². The molecule has 2 aliphatic carbocycles. The number of ketones is 2. The molecule has 0 spiro atoms. The van der Waals surface area contributed by atoms with Crippen molar-refractivity contribution in [1.29, 1.82) is 0 Å². The van der Waals surface area contributed by atoms with Crippen LogP contribution in [0.3, 0.4) is 0 Å². The molecule has 2 aromatic carbocycles. The lowest BCUT2D eigenvalue weighted by molar-refractivity contribution is 0.0183. The van der Waals surface area contributed by atoms with E-state index in [1.807, 2.05) is 6.92 Å². The van der Waals surface area contributed by atoms with Crippen molar-refractivity contribution >= 4 is 11.6 Å². The fourth-order valence-electron chi connectivity index (χ4n) is 5.13. The summed E-state index contributed by atoms with van der Waals surface area (Å²) in [5, 5.41) is 23.6. The molecule has 2 saturated carbocycles. The van der Waals surface area contributed by atoms with Crippen molar-refractivity contribution in [1.82, 2.24) is 10.1 Å². The Labute approximate surface area is 226 Å². The molecule has 4 atom stereocenters. The van der Waals surface area contributed by atoms with Crippen LogP contribution in [0.2, 0.25) is 0 Å². The van der Waals surface area contributed by atoms with E-state index < -0.39 is 24.1 Å². The number of hydrogen-bond donors (Lipinski definition) is 2. The van der Waals surface area contributed by atoms with Crippen molar-refractivity contribution in [2.24, 2.45) is 11.8 Å². The highest BCUT2D eigenvalue weighted by atomic mass is 19.1. The summed E-state index contributed by atoms with van der Waals surface area (Å²) in [5.74, 6) is 0.311. The largest absolute Gasteiger partial charge is 0.481 e. The van der Waals surface area contributed by atoms with Gasteiger partial charge < -0.3 is 19.5 Å². The lowest BCUT2D eigenvalue weighted by Crippen LogP contribution is -2.24. The van der Waals surface area contributed by atoms with Crippen LogP contribution in [0.1, 0.15) is 91.0 Å². The third kappa shape index (κ3) is 6.25. The first kappa shape index (κ1) is 27.1. The zero-order valence-corrected chi connectivity index (χ0v) is 21.9. The average molecular weight is 537 g/mol. The summed E-state index contributed by atoms with van der Waals surface area (Å²) < 4.78 is 26.3. The monoisotopic (exact) mass is 536 g/mol. The maximum Gasteiger partial charge on any atom is 0.268 e. The van der Waals surface area contributed by atoms with E-state index in [9.17, 15) is 24.2 Å². The van der Waals surface area contributed by atoms with Gasteiger partial charge in [-0.2, -0.15) is 4.98 Å². The molecular formula is C30H33FN2O6. The minimum Gasteiger partial charge on any atom is -0.481 e. The summed E-state index contributed by atoms with van der Waals surface area (Å²) in [6.45, 7) is 1.91. The quantitative estimate of drug-likeness (QED) is 0.292. The topological polar surface area (TPSA) is 123 Å². The molecule has 0 radical (unpaired) electrons. The first-order valence-corrected chi connectivity index (χ1v) is 13.7. The van der Waals surface area contributed by atoms with Gasteiger partial charge in [0, 0.05) is 23.5 Å². The Morgan fingerprint density at radius 1 is 1.10 bits per heavy atom. The molecule has 9 heteroatoms. The molecule has 8 nitrogen and oxygen atoms in total. The van der Waals surface area contributed by atoms with E-state index in [1.165, 1.54) is 12.1 Å². The average Bonchev–Trinajstić information content (AvgIpc) is 3.60. The molecular weight excluding hydrogens is 503 g/mol. The van der Waals surface area contributed by atoms with E-state index in [1.54, 1.807) is 30.3 Å². The molecule has 2 fully saturated rings. The van der Waals surface area contributed by atoms with Crippen LogP contribution in [-0.2, 0) is 0 Å². The Morgan fingerprint density at radius 3 is 2.51 bits per heavy atom. The highest BCUT2D eigenvalue weighted by Crippen LogP contribution is 2.34. The fourth-order valence-corrected chi connectivity index (χ4v) is 5.13. The van der Waals surface area contributed by atoms with Crippen LogP contribution >= 0.6 is 0 Å². The number of aliphatic hydroxyl groups is 2. The predicted molar refractivity (Wildman–Crippen MR) is 140 cm³/mol. The number of aromatic nitrogens is 2. The summed E-state index contributed by atoms with van der Waals surface area (Å²) >= 11 is 0. The van der Waals surface area contributed by atoms with E-state index in [0.29, 0.717) is 42.6 Å². The highest BCUT2D eigenvalue weighted by Gasteiger charge is 2.33. The Hall–Kier alpha value is -3.43. The van der Waals surface area contributed by atoms with Crippen LogP contribution in [0.15, 0.2) is 47.0 Å². The van der Waals surface area contributed by atoms with E-state index >= 15 is 0 Å². The maximum absolute atomic E-state index is 14.9. The standard InChI is InChI=1S/C30H33FN2O6/c1-2-26(38-21-12-8-19(9-13-21)27(36)18-6-7-18)30-32-29(33-39-30)20-10-14-22(23(31)16-20)24(34)5-3-4-17-11-15-25(35)28(17)37/h8-10,12-14,16-18,25-26,28,35,37H,2-7,11,15H2,1H3/t17?,25-,26?,28+/m1/s1. The number of ether oxygens (including phenoxy) is 1. The highest BCUT2D eigenvalue weighted by molar-refractivity contribution is 5.99. The van der Waals surface area contributed by atoms with Gasteiger partial charge in [0.1, 0.15) is 11.6 Å². The second kappa shape index (κ2) is 11.8.